The van der Waals surface area contributed by atoms with Crippen molar-refractivity contribution in [3.63, 3.8) is 0 Å². The normalized spacial score (nSPS) is 14.4. The van der Waals surface area contributed by atoms with Gasteiger partial charge in [-0.15, -0.1) is 0 Å². The molecule has 0 aliphatic heterocycles. The molecule has 18 heavy (non-hydrogen) atoms. The van der Waals surface area contributed by atoms with Gasteiger partial charge < -0.3 is 14.4 Å². The number of nitrogens with zero attached hydrogens (tertiary/aromatic N) is 1. The van der Waals surface area contributed by atoms with Crippen molar-refractivity contribution in [2.45, 2.75) is 26.2 Å². The Kier molecular flexibility index (Phi) is 3.81. The van der Waals surface area contributed by atoms with E-state index in [1.807, 2.05) is 6.92 Å². The lowest BCUT2D eigenvalue weighted by molar-refractivity contribution is 0.0698. The average Bonchev–Trinajstić information content (AvgIpc) is 2.80. The van der Waals surface area contributed by atoms with E-state index in [4.69, 9.17) is 9.52 Å². The first-order valence-electron chi connectivity index (χ1n) is 6.23. The summed E-state index contributed by atoms with van der Waals surface area (Å²) in [6.45, 7) is 2.52. The van der Waals surface area contributed by atoms with Crippen molar-refractivity contribution in [2.24, 2.45) is 0 Å². The van der Waals surface area contributed by atoms with E-state index in [1.54, 1.807) is 6.07 Å². The molecule has 1 heterocycles. The number of carbonyl (C=O) groups is 2. The Bertz CT molecular complexity index is 464. The number of ketones is 1. The molecule has 0 spiro atoms. The predicted molar refractivity (Wildman–Crippen MR) is 64.6 cm³/mol. The number of fused-ring (bicyclic) bond motifs is 1. The highest BCUT2D eigenvalue weighted by molar-refractivity contribution is 6.01. The predicted octanol–water partition coefficient (Wildman–Crippen LogP) is 1.25. The first-order valence-corrected chi connectivity index (χ1v) is 6.23. The molecular weight excluding hydrogens is 234 g/mol. The van der Waals surface area contributed by atoms with E-state index < -0.39 is 0 Å². The fraction of sp³-hybridized carbons (Fsp3) is 0.538. The van der Waals surface area contributed by atoms with Crippen LogP contribution in [0.15, 0.2) is 10.5 Å². The van der Waals surface area contributed by atoms with Crippen molar-refractivity contribution in [2.75, 3.05) is 19.7 Å². The summed E-state index contributed by atoms with van der Waals surface area (Å²) in [4.78, 5) is 25.3. The second kappa shape index (κ2) is 5.35. The van der Waals surface area contributed by atoms with Gasteiger partial charge in [0.15, 0.2) is 11.5 Å². The summed E-state index contributed by atoms with van der Waals surface area (Å²) in [5.74, 6) is 0.596. The molecule has 1 aromatic rings. The number of aryl methyl sites for hydroxylation is 1. The zero-order valence-electron chi connectivity index (χ0n) is 10.4. The fourth-order valence-electron chi connectivity index (χ4n) is 2.18. The number of furan rings is 1. The molecule has 0 aromatic carbocycles. The molecule has 5 nitrogen and oxygen atoms in total. The standard InChI is InChI=1S/C13H17NO4/c1-2-14(6-7-15)13(17)12-8-9-10(16)4-3-5-11(9)18-12/h8,15H,2-7H2,1H3. The van der Waals surface area contributed by atoms with E-state index in [2.05, 4.69) is 0 Å². The molecule has 5 heteroatoms. The van der Waals surface area contributed by atoms with E-state index >= 15 is 0 Å². The average molecular weight is 251 g/mol. The third-order valence-corrected chi connectivity index (χ3v) is 3.17. The van der Waals surface area contributed by atoms with E-state index in [-0.39, 0.29) is 30.6 Å². The molecule has 0 unspecified atom stereocenters. The van der Waals surface area contributed by atoms with Gasteiger partial charge in [0.05, 0.1) is 12.2 Å². The van der Waals surface area contributed by atoms with Crippen LogP contribution in [0.4, 0.5) is 0 Å². The second-order valence-corrected chi connectivity index (χ2v) is 4.33. The van der Waals surface area contributed by atoms with Crippen LogP contribution in [0.1, 0.15) is 46.4 Å². The van der Waals surface area contributed by atoms with Gasteiger partial charge in [0.1, 0.15) is 5.76 Å². The number of hydrogen-bond donors (Lipinski definition) is 1. The highest BCUT2D eigenvalue weighted by atomic mass is 16.4. The van der Waals surface area contributed by atoms with E-state index in [0.29, 0.717) is 30.7 Å². The zero-order valence-corrected chi connectivity index (χ0v) is 10.4. The minimum atomic E-state index is -0.270. The Morgan fingerprint density at radius 3 is 2.89 bits per heavy atom. The number of likely N-dealkylation sites (N-methyl/N-ethyl adjacent to an activating group) is 1. The lowest BCUT2D eigenvalue weighted by Gasteiger charge is -2.17. The molecule has 1 aromatic heterocycles. The lowest BCUT2D eigenvalue weighted by Crippen LogP contribution is -2.33. The third-order valence-electron chi connectivity index (χ3n) is 3.17. The van der Waals surface area contributed by atoms with Crippen molar-refractivity contribution in [3.8, 4) is 0 Å². The molecule has 0 saturated heterocycles. The van der Waals surface area contributed by atoms with Crippen molar-refractivity contribution >= 4 is 11.7 Å². The maximum atomic E-state index is 12.1. The molecule has 98 valence electrons. The summed E-state index contributed by atoms with van der Waals surface area (Å²) in [6, 6.07) is 1.54. The maximum absolute atomic E-state index is 12.1. The molecule has 0 fully saturated rings. The van der Waals surface area contributed by atoms with Crippen LogP contribution in [0.2, 0.25) is 0 Å². The van der Waals surface area contributed by atoms with Gasteiger partial charge in [-0.2, -0.15) is 0 Å². The molecule has 0 bridgehead atoms. The first-order chi connectivity index (χ1) is 8.67. The summed E-state index contributed by atoms with van der Waals surface area (Å²) in [6.07, 6.45) is 2.01. The summed E-state index contributed by atoms with van der Waals surface area (Å²) in [5, 5.41) is 8.89. The number of hydrogen-bond acceptors (Lipinski definition) is 4. The van der Waals surface area contributed by atoms with Gasteiger partial charge in [0.25, 0.3) is 5.91 Å². The van der Waals surface area contributed by atoms with Crippen molar-refractivity contribution in [3.05, 3.63) is 23.2 Å². The molecule has 2 rings (SSSR count). The molecule has 0 radical (unpaired) electrons. The Labute approximate surface area is 105 Å². The van der Waals surface area contributed by atoms with Crippen LogP contribution in [0.25, 0.3) is 0 Å². The Balaban J connectivity index is 2.23. The summed E-state index contributed by atoms with van der Waals surface area (Å²) >= 11 is 0. The van der Waals surface area contributed by atoms with Gasteiger partial charge in [0.2, 0.25) is 0 Å². The van der Waals surface area contributed by atoms with Crippen LogP contribution in [0.3, 0.4) is 0 Å². The topological polar surface area (TPSA) is 70.8 Å². The minimum absolute atomic E-state index is 0.0456. The minimum Gasteiger partial charge on any atom is -0.455 e. The number of amides is 1. The number of aliphatic hydroxyl groups excluding tert-OH is 1. The summed E-state index contributed by atoms with van der Waals surface area (Å²) in [5.41, 5.74) is 0.546. The quantitative estimate of drug-likeness (QED) is 0.874. The highest BCUT2D eigenvalue weighted by Gasteiger charge is 2.26. The molecular formula is C13H17NO4. The van der Waals surface area contributed by atoms with Crippen molar-refractivity contribution < 1.29 is 19.1 Å². The van der Waals surface area contributed by atoms with Gasteiger partial charge in [0, 0.05) is 32.0 Å². The molecule has 0 saturated carbocycles. The van der Waals surface area contributed by atoms with E-state index in [9.17, 15) is 9.59 Å². The van der Waals surface area contributed by atoms with Crippen LogP contribution in [0.5, 0.6) is 0 Å². The Morgan fingerprint density at radius 2 is 2.28 bits per heavy atom. The van der Waals surface area contributed by atoms with Gasteiger partial charge in [-0.1, -0.05) is 0 Å². The second-order valence-electron chi connectivity index (χ2n) is 4.33. The van der Waals surface area contributed by atoms with Crippen molar-refractivity contribution in [1.29, 1.82) is 0 Å². The number of Topliss-reactive ketones (excluding diaryl/α,β-unsaturated/α-hetero) is 1. The summed E-state index contributed by atoms with van der Waals surface area (Å²) < 4.78 is 5.47. The van der Waals surface area contributed by atoms with Crippen LogP contribution in [0, 0.1) is 0 Å². The highest BCUT2D eigenvalue weighted by Crippen LogP contribution is 2.25. The van der Waals surface area contributed by atoms with Crippen molar-refractivity contribution in [1.82, 2.24) is 4.90 Å². The molecule has 1 amide bonds. The number of rotatable bonds is 4. The molecule has 0 atom stereocenters. The van der Waals surface area contributed by atoms with Crippen LogP contribution < -0.4 is 0 Å². The van der Waals surface area contributed by atoms with Gasteiger partial charge in [-0.25, -0.2) is 0 Å². The lowest BCUT2D eigenvalue weighted by atomic mass is 9.97. The largest absolute Gasteiger partial charge is 0.455 e. The first kappa shape index (κ1) is 12.8. The van der Waals surface area contributed by atoms with Gasteiger partial charge in [-0.05, 0) is 13.3 Å². The third kappa shape index (κ3) is 2.31. The van der Waals surface area contributed by atoms with Crippen LogP contribution >= 0.6 is 0 Å². The molecule has 1 aliphatic rings. The van der Waals surface area contributed by atoms with Crippen LogP contribution in [-0.2, 0) is 6.42 Å². The number of aliphatic hydroxyl groups is 1. The maximum Gasteiger partial charge on any atom is 0.289 e. The smallest absolute Gasteiger partial charge is 0.289 e. The van der Waals surface area contributed by atoms with E-state index in [0.717, 1.165) is 6.42 Å². The molecule has 1 aliphatic carbocycles. The monoisotopic (exact) mass is 251 g/mol. The van der Waals surface area contributed by atoms with Gasteiger partial charge >= 0.3 is 0 Å². The van der Waals surface area contributed by atoms with Gasteiger partial charge in [-0.3, -0.25) is 9.59 Å². The summed E-state index contributed by atoms with van der Waals surface area (Å²) in [7, 11) is 0. The van der Waals surface area contributed by atoms with E-state index in [1.165, 1.54) is 4.90 Å². The molecule has 1 N–H and O–H groups in total. The van der Waals surface area contributed by atoms with Crippen LogP contribution in [-0.4, -0.2) is 41.4 Å². The zero-order chi connectivity index (χ0) is 13.1. The Morgan fingerprint density at radius 1 is 1.50 bits per heavy atom. The number of carbonyl (C=O) groups excluding carboxylic acids is 2. The fourth-order valence-corrected chi connectivity index (χ4v) is 2.18. The Hall–Kier alpha value is -1.62. The SMILES string of the molecule is CCN(CCO)C(=O)c1cc2c(o1)CCCC2=O.